The van der Waals surface area contributed by atoms with E-state index in [0.717, 1.165) is 32.1 Å². The van der Waals surface area contributed by atoms with E-state index in [1.54, 1.807) is 0 Å². The summed E-state index contributed by atoms with van der Waals surface area (Å²) in [5.41, 5.74) is 0. The molecule has 0 amide bonds. The Morgan fingerprint density at radius 2 is 1.32 bits per heavy atom. The average Bonchev–Trinajstić information content (AvgIpc) is 2.46. The molecule has 0 aliphatic rings. The summed E-state index contributed by atoms with van der Waals surface area (Å²) in [5.74, 6) is 1.23. The number of rotatable bonds is 14. The first kappa shape index (κ1) is 21.9. The van der Waals surface area contributed by atoms with Gasteiger partial charge in [0.2, 0.25) is 0 Å². The van der Waals surface area contributed by atoms with E-state index in [0.29, 0.717) is 24.7 Å². The smallest absolute Gasteiger partial charge is 0.264 e. The van der Waals surface area contributed by atoms with Crippen LogP contribution in [-0.4, -0.2) is 19.1 Å². The summed E-state index contributed by atoms with van der Waals surface area (Å²) in [6.07, 6.45) is 9.88. The quantitative estimate of drug-likeness (QED) is 0.432. The van der Waals surface area contributed by atoms with Crippen molar-refractivity contribution in [3.8, 4) is 0 Å². The Labute approximate surface area is 138 Å². The normalized spacial score (nSPS) is 15.2. The molecule has 0 rings (SSSR count). The van der Waals surface area contributed by atoms with Gasteiger partial charge in [0.1, 0.15) is 0 Å². The van der Waals surface area contributed by atoms with Gasteiger partial charge in [0.05, 0.1) is 6.10 Å². The van der Waals surface area contributed by atoms with Gasteiger partial charge < -0.3 is 0 Å². The third-order valence-corrected chi connectivity index (χ3v) is 5.26. The highest BCUT2D eigenvalue weighted by Crippen LogP contribution is 2.24. The summed E-state index contributed by atoms with van der Waals surface area (Å²) in [7, 11) is -4.36. The minimum atomic E-state index is -4.36. The summed E-state index contributed by atoms with van der Waals surface area (Å²) in [6.45, 7) is 8.69. The lowest BCUT2D eigenvalue weighted by molar-refractivity contribution is 0.144. The van der Waals surface area contributed by atoms with E-state index in [1.807, 2.05) is 0 Å². The van der Waals surface area contributed by atoms with Crippen LogP contribution in [0.4, 0.5) is 0 Å². The molecule has 0 bridgehead atoms. The summed E-state index contributed by atoms with van der Waals surface area (Å²) < 4.78 is 36.0. The van der Waals surface area contributed by atoms with Crippen LogP contribution in [0.25, 0.3) is 0 Å². The Morgan fingerprint density at radius 1 is 0.818 bits per heavy atom. The van der Waals surface area contributed by atoms with Crippen LogP contribution >= 0.6 is 0 Å². The van der Waals surface area contributed by atoms with E-state index in [9.17, 15) is 8.42 Å². The third-order valence-electron chi connectivity index (χ3n) is 4.75. The summed E-state index contributed by atoms with van der Waals surface area (Å²) in [5, 5.41) is 0. The Morgan fingerprint density at radius 3 is 1.73 bits per heavy atom. The second-order valence-corrected chi connectivity index (χ2v) is 7.45. The van der Waals surface area contributed by atoms with Crippen molar-refractivity contribution < 1.29 is 17.2 Å². The third kappa shape index (κ3) is 11.4. The first-order valence-corrected chi connectivity index (χ1v) is 10.4. The lowest BCUT2D eigenvalue weighted by Crippen LogP contribution is -2.20. The van der Waals surface area contributed by atoms with Gasteiger partial charge in [-0.1, -0.05) is 66.2 Å². The molecule has 134 valence electrons. The summed E-state index contributed by atoms with van der Waals surface area (Å²) >= 11 is 0. The molecule has 4 nitrogen and oxygen atoms in total. The molecule has 0 aromatic carbocycles. The SMILES string of the molecule is CCCCC(CC)CCC(CCC(CC)CC)OS(=O)(=O)O. The van der Waals surface area contributed by atoms with Gasteiger partial charge >= 0.3 is 10.4 Å². The van der Waals surface area contributed by atoms with Crippen LogP contribution in [-0.2, 0) is 14.6 Å². The molecule has 0 aromatic rings. The van der Waals surface area contributed by atoms with Gasteiger partial charge in [-0.15, -0.1) is 0 Å². The molecule has 0 fully saturated rings. The molecule has 0 aromatic heterocycles. The molecule has 2 unspecified atom stereocenters. The Balaban J connectivity index is 4.45. The Hall–Kier alpha value is -0.130. The molecule has 0 aliphatic heterocycles. The summed E-state index contributed by atoms with van der Waals surface area (Å²) in [6, 6.07) is 0. The standard InChI is InChI=1S/C17H36O4S/c1-5-9-10-16(8-4)12-14-17(21-22(18,19)20)13-11-15(6-2)7-3/h15-17H,5-14H2,1-4H3,(H,18,19,20). The second kappa shape index (κ2) is 12.3. The number of hydrogen-bond acceptors (Lipinski definition) is 3. The summed E-state index contributed by atoms with van der Waals surface area (Å²) in [4.78, 5) is 0. The van der Waals surface area contributed by atoms with Crippen molar-refractivity contribution in [2.24, 2.45) is 11.8 Å². The van der Waals surface area contributed by atoms with Crippen molar-refractivity contribution in [2.75, 3.05) is 0 Å². The van der Waals surface area contributed by atoms with Gasteiger partial charge in [0.25, 0.3) is 0 Å². The molecule has 0 radical (unpaired) electrons. The highest BCUT2D eigenvalue weighted by atomic mass is 32.3. The van der Waals surface area contributed by atoms with E-state index in [4.69, 9.17) is 8.74 Å². The van der Waals surface area contributed by atoms with Crippen LogP contribution in [0, 0.1) is 11.8 Å². The van der Waals surface area contributed by atoms with Crippen molar-refractivity contribution in [3.05, 3.63) is 0 Å². The van der Waals surface area contributed by atoms with Crippen LogP contribution in [0.5, 0.6) is 0 Å². The molecule has 0 saturated carbocycles. The maximum Gasteiger partial charge on any atom is 0.397 e. The molecule has 0 heterocycles. The number of unbranched alkanes of at least 4 members (excludes halogenated alkanes) is 1. The van der Waals surface area contributed by atoms with Gasteiger partial charge in [-0.05, 0) is 37.5 Å². The zero-order chi connectivity index (χ0) is 17.0. The lowest BCUT2D eigenvalue weighted by Gasteiger charge is -2.21. The first-order chi connectivity index (χ1) is 10.4. The van der Waals surface area contributed by atoms with Crippen molar-refractivity contribution in [3.63, 3.8) is 0 Å². The van der Waals surface area contributed by atoms with Gasteiger partial charge in [0, 0.05) is 0 Å². The van der Waals surface area contributed by atoms with Crippen LogP contribution in [0.15, 0.2) is 0 Å². The minimum Gasteiger partial charge on any atom is -0.264 e. The van der Waals surface area contributed by atoms with Gasteiger partial charge in [-0.2, -0.15) is 8.42 Å². The molecule has 0 saturated heterocycles. The molecular weight excluding hydrogens is 300 g/mol. The second-order valence-electron chi connectivity index (χ2n) is 6.40. The van der Waals surface area contributed by atoms with Crippen LogP contribution in [0.3, 0.4) is 0 Å². The molecular formula is C17H36O4S. The molecule has 1 N–H and O–H groups in total. The fourth-order valence-electron chi connectivity index (χ4n) is 3.00. The Bertz CT molecular complexity index is 350. The Kier molecular flexibility index (Phi) is 12.2. The highest BCUT2D eigenvalue weighted by molar-refractivity contribution is 7.80. The predicted molar refractivity (Wildman–Crippen MR) is 92.3 cm³/mol. The van der Waals surface area contributed by atoms with E-state index in [2.05, 4.69) is 27.7 Å². The first-order valence-electron chi connectivity index (χ1n) is 9.01. The van der Waals surface area contributed by atoms with Gasteiger partial charge in [0.15, 0.2) is 0 Å². The van der Waals surface area contributed by atoms with Crippen molar-refractivity contribution in [2.45, 2.75) is 98.0 Å². The van der Waals surface area contributed by atoms with Crippen LogP contribution in [0.2, 0.25) is 0 Å². The van der Waals surface area contributed by atoms with E-state index in [-0.39, 0.29) is 6.10 Å². The largest absolute Gasteiger partial charge is 0.397 e. The van der Waals surface area contributed by atoms with Gasteiger partial charge in [-0.25, -0.2) is 4.18 Å². The lowest BCUT2D eigenvalue weighted by atomic mass is 9.90. The van der Waals surface area contributed by atoms with Crippen LogP contribution in [0.1, 0.15) is 91.9 Å². The average molecular weight is 337 g/mol. The van der Waals surface area contributed by atoms with Crippen molar-refractivity contribution in [1.29, 1.82) is 0 Å². The fourth-order valence-corrected chi connectivity index (χ4v) is 3.53. The molecule has 2 atom stereocenters. The molecule has 0 aliphatic carbocycles. The fraction of sp³-hybridized carbons (Fsp3) is 1.00. The number of hydrogen-bond donors (Lipinski definition) is 1. The monoisotopic (exact) mass is 336 g/mol. The van der Waals surface area contributed by atoms with E-state index in [1.165, 1.54) is 19.3 Å². The van der Waals surface area contributed by atoms with Crippen molar-refractivity contribution >= 4 is 10.4 Å². The predicted octanol–water partition coefficient (Wildman–Crippen LogP) is 5.39. The zero-order valence-electron chi connectivity index (χ0n) is 14.9. The maximum absolute atomic E-state index is 11.0. The molecule has 5 heteroatoms. The van der Waals surface area contributed by atoms with E-state index < -0.39 is 10.4 Å². The highest BCUT2D eigenvalue weighted by Gasteiger charge is 2.20. The van der Waals surface area contributed by atoms with Crippen molar-refractivity contribution in [1.82, 2.24) is 0 Å². The molecule has 0 spiro atoms. The van der Waals surface area contributed by atoms with Crippen LogP contribution < -0.4 is 0 Å². The zero-order valence-corrected chi connectivity index (χ0v) is 15.7. The van der Waals surface area contributed by atoms with E-state index >= 15 is 0 Å². The van der Waals surface area contributed by atoms with Gasteiger partial charge in [-0.3, -0.25) is 4.55 Å². The maximum atomic E-state index is 11.0. The minimum absolute atomic E-state index is 0.383. The topological polar surface area (TPSA) is 63.6 Å². The molecule has 22 heavy (non-hydrogen) atoms.